The molecule has 0 saturated carbocycles. The standard InChI is InChI=1S/C30H32N5O2S2/c1-35(17-18-37-28-15-13-27(36-2)14-16-28,19-25-21-38-29(33-25)31-23-9-5-3-6-10-23)20-26-22-39-30(34-26)32-24-11-7-4-8-12-24/h3-16,21-22H,17-20H2,1-2H3,(H,31,33)(H,32,34)/q+1. The lowest BCUT2D eigenvalue weighted by molar-refractivity contribution is -0.936. The van der Waals surface area contributed by atoms with E-state index in [-0.39, 0.29) is 0 Å². The maximum Gasteiger partial charge on any atom is 0.187 e. The summed E-state index contributed by atoms with van der Waals surface area (Å²) in [6, 6.07) is 28.0. The molecule has 0 bridgehead atoms. The highest BCUT2D eigenvalue weighted by atomic mass is 32.1. The minimum absolute atomic E-state index is 0.571. The number of hydrogen-bond donors (Lipinski definition) is 2. The first-order valence-corrected chi connectivity index (χ1v) is 14.5. The third-order valence-electron chi connectivity index (χ3n) is 6.20. The van der Waals surface area contributed by atoms with Crippen LogP contribution in [0, 0.1) is 0 Å². The number of rotatable bonds is 13. The topological polar surface area (TPSA) is 68.3 Å². The van der Waals surface area contributed by atoms with E-state index in [0.717, 1.165) is 64.2 Å². The number of aromatic nitrogens is 2. The van der Waals surface area contributed by atoms with Crippen LogP contribution in [-0.2, 0) is 13.1 Å². The quantitative estimate of drug-likeness (QED) is 0.148. The van der Waals surface area contributed by atoms with Crippen molar-refractivity contribution in [2.45, 2.75) is 13.1 Å². The van der Waals surface area contributed by atoms with Crippen LogP contribution in [0.5, 0.6) is 11.5 Å². The maximum atomic E-state index is 6.11. The third-order valence-corrected chi connectivity index (χ3v) is 7.81. The monoisotopic (exact) mass is 558 g/mol. The summed E-state index contributed by atoms with van der Waals surface area (Å²) >= 11 is 3.24. The van der Waals surface area contributed by atoms with Crippen LogP contribution < -0.4 is 20.1 Å². The Morgan fingerprint density at radius 2 is 1.18 bits per heavy atom. The number of methoxy groups -OCH3 is 1. The molecule has 0 aliphatic heterocycles. The smallest absolute Gasteiger partial charge is 0.187 e. The zero-order valence-electron chi connectivity index (χ0n) is 22.0. The number of nitrogens with zero attached hydrogens (tertiary/aromatic N) is 3. The highest BCUT2D eigenvalue weighted by molar-refractivity contribution is 7.14. The fourth-order valence-electron chi connectivity index (χ4n) is 4.22. The van der Waals surface area contributed by atoms with Gasteiger partial charge in [-0.05, 0) is 48.5 Å². The van der Waals surface area contributed by atoms with E-state index in [1.807, 2.05) is 84.9 Å². The van der Waals surface area contributed by atoms with Crippen molar-refractivity contribution in [1.82, 2.24) is 9.97 Å². The lowest BCUT2D eigenvalue weighted by Crippen LogP contribution is -2.45. The van der Waals surface area contributed by atoms with E-state index >= 15 is 0 Å². The second-order valence-electron chi connectivity index (χ2n) is 9.45. The minimum Gasteiger partial charge on any atom is -0.497 e. The molecule has 0 spiro atoms. The van der Waals surface area contributed by atoms with E-state index < -0.39 is 0 Å². The summed E-state index contributed by atoms with van der Waals surface area (Å²) in [6.45, 7) is 2.89. The molecule has 2 N–H and O–H groups in total. The van der Waals surface area contributed by atoms with Gasteiger partial charge in [-0.1, -0.05) is 36.4 Å². The van der Waals surface area contributed by atoms with Crippen LogP contribution in [0.2, 0.25) is 0 Å². The fraction of sp³-hybridized carbons (Fsp3) is 0.200. The van der Waals surface area contributed by atoms with Crippen molar-refractivity contribution < 1.29 is 14.0 Å². The Hall–Kier alpha value is -3.92. The summed E-state index contributed by atoms with van der Waals surface area (Å²) in [4.78, 5) is 9.77. The maximum absolute atomic E-state index is 6.11. The summed E-state index contributed by atoms with van der Waals surface area (Å²) in [5.41, 5.74) is 4.15. The van der Waals surface area contributed by atoms with Crippen LogP contribution in [0.1, 0.15) is 11.4 Å². The molecule has 0 radical (unpaired) electrons. The van der Waals surface area contributed by atoms with E-state index in [4.69, 9.17) is 19.4 Å². The Bertz CT molecular complexity index is 1360. The first-order valence-electron chi connectivity index (χ1n) is 12.7. The van der Waals surface area contributed by atoms with E-state index in [2.05, 4.69) is 28.4 Å². The van der Waals surface area contributed by atoms with Crippen LogP contribution in [0.3, 0.4) is 0 Å². The number of thiazole rings is 2. The molecule has 3 aromatic carbocycles. The van der Waals surface area contributed by atoms with Gasteiger partial charge >= 0.3 is 0 Å². The molecule has 0 atom stereocenters. The van der Waals surface area contributed by atoms with Gasteiger partial charge in [-0.2, -0.15) is 0 Å². The Kier molecular flexibility index (Phi) is 8.72. The molecule has 0 amide bonds. The van der Waals surface area contributed by atoms with E-state index in [0.29, 0.717) is 11.1 Å². The van der Waals surface area contributed by atoms with Crippen molar-refractivity contribution in [3.63, 3.8) is 0 Å². The summed E-state index contributed by atoms with van der Waals surface area (Å²) in [7, 11) is 3.90. The molecule has 39 heavy (non-hydrogen) atoms. The molecule has 0 saturated heterocycles. The second-order valence-corrected chi connectivity index (χ2v) is 11.2. The van der Waals surface area contributed by atoms with E-state index in [1.54, 1.807) is 29.8 Å². The van der Waals surface area contributed by atoms with Crippen LogP contribution in [0.25, 0.3) is 0 Å². The summed E-state index contributed by atoms with van der Waals surface area (Å²) in [6.07, 6.45) is 0. The van der Waals surface area contributed by atoms with Crippen molar-refractivity contribution in [1.29, 1.82) is 0 Å². The predicted molar refractivity (Wildman–Crippen MR) is 161 cm³/mol. The average molecular weight is 559 g/mol. The summed E-state index contributed by atoms with van der Waals surface area (Å²) in [5.74, 6) is 1.64. The molecular formula is C30H32N5O2S2+. The highest BCUT2D eigenvalue weighted by Gasteiger charge is 2.26. The van der Waals surface area contributed by atoms with Crippen molar-refractivity contribution in [3.8, 4) is 11.5 Å². The normalized spacial score (nSPS) is 11.2. The molecule has 0 aliphatic rings. The van der Waals surface area contributed by atoms with Gasteiger partial charge in [-0.25, -0.2) is 9.97 Å². The largest absolute Gasteiger partial charge is 0.497 e. The molecule has 7 nitrogen and oxygen atoms in total. The van der Waals surface area contributed by atoms with Gasteiger partial charge < -0.3 is 24.6 Å². The lowest BCUT2D eigenvalue weighted by atomic mass is 10.3. The Morgan fingerprint density at radius 3 is 1.67 bits per heavy atom. The van der Waals surface area contributed by atoms with Gasteiger partial charge in [0.1, 0.15) is 49.1 Å². The van der Waals surface area contributed by atoms with Crippen LogP contribution in [-0.4, -0.2) is 41.8 Å². The number of anilines is 4. The SMILES string of the molecule is COc1ccc(OCC[N+](C)(Cc2csc(Nc3ccccc3)n2)Cc2csc(Nc3ccccc3)n2)cc1. The highest BCUT2D eigenvalue weighted by Crippen LogP contribution is 2.27. The zero-order chi connectivity index (χ0) is 26.9. The predicted octanol–water partition coefficient (Wildman–Crippen LogP) is 7.32. The molecule has 0 aliphatic carbocycles. The number of quaternary nitrogens is 1. The van der Waals surface area contributed by atoms with Gasteiger partial charge in [0.2, 0.25) is 0 Å². The van der Waals surface area contributed by atoms with Crippen molar-refractivity contribution >= 4 is 44.3 Å². The Labute approximate surface area is 237 Å². The van der Waals surface area contributed by atoms with Crippen molar-refractivity contribution in [2.24, 2.45) is 0 Å². The zero-order valence-corrected chi connectivity index (χ0v) is 23.7. The van der Waals surface area contributed by atoms with E-state index in [9.17, 15) is 0 Å². The number of nitrogens with one attached hydrogen (secondary N) is 2. The third kappa shape index (κ3) is 7.79. The minimum atomic E-state index is 0.571. The molecule has 0 unspecified atom stereocenters. The molecule has 5 aromatic rings. The number of ether oxygens (including phenoxy) is 2. The number of likely N-dealkylation sites (N-methyl/N-ethyl adjacent to an activating group) is 1. The second kappa shape index (κ2) is 12.8. The van der Waals surface area contributed by atoms with Crippen molar-refractivity contribution in [2.75, 3.05) is 37.9 Å². The van der Waals surface area contributed by atoms with Crippen LogP contribution >= 0.6 is 22.7 Å². The van der Waals surface area contributed by atoms with Gasteiger partial charge in [-0.15, -0.1) is 22.7 Å². The van der Waals surface area contributed by atoms with E-state index in [1.165, 1.54) is 0 Å². The van der Waals surface area contributed by atoms with Gasteiger partial charge in [0, 0.05) is 22.1 Å². The van der Waals surface area contributed by atoms with Gasteiger partial charge in [0.15, 0.2) is 10.3 Å². The first kappa shape index (κ1) is 26.7. The molecule has 0 fully saturated rings. The summed E-state index contributed by atoms with van der Waals surface area (Å²) in [5, 5.41) is 12.9. The molecule has 2 heterocycles. The van der Waals surface area contributed by atoms with Crippen LogP contribution in [0.4, 0.5) is 21.6 Å². The fourth-order valence-corrected chi connectivity index (χ4v) is 5.66. The van der Waals surface area contributed by atoms with Gasteiger partial charge in [0.25, 0.3) is 0 Å². The Morgan fingerprint density at radius 1 is 0.692 bits per heavy atom. The number of para-hydroxylation sites is 2. The molecule has 9 heteroatoms. The average Bonchev–Trinajstić information content (AvgIpc) is 3.58. The van der Waals surface area contributed by atoms with Crippen molar-refractivity contribution in [3.05, 3.63) is 107 Å². The molecule has 5 rings (SSSR count). The summed E-state index contributed by atoms with van der Waals surface area (Å²) < 4.78 is 12.1. The first-order chi connectivity index (χ1) is 19.1. The van der Waals surface area contributed by atoms with Gasteiger partial charge in [0.05, 0.1) is 14.2 Å². The number of benzene rings is 3. The Balaban J connectivity index is 1.28. The molecular weight excluding hydrogens is 526 g/mol. The molecule has 200 valence electrons. The number of hydrogen-bond acceptors (Lipinski definition) is 8. The van der Waals surface area contributed by atoms with Gasteiger partial charge in [-0.3, -0.25) is 0 Å². The molecule has 2 aromatic heterocycles. The van der Waals surface area contributed by atoms with Crippen LogP contribution in [0.15, 0.2) is 95.7 Å². The lowest BCUT2D eigenvalue weighted by Gasteiger charge is -2.33.